The van der Waals surface area contributed by atoms with Gasteiger partial charge in [-0.05, 0) is 50.5 Å². The molecule has 1 heterocycles. The van der Waals surface area contributed by atoms with Crippen LogP contribution in [-0.4, -0.2) is 15.8 Å². The molecule has 108 valence electrons. The molecule has 0 aliphatic carbocycles. The topological polar surface area (TPSA) is 53.1 Å². The maximum atomic E-state index is 5.78. The van der Waals surface area contributed by atoms with E-state index in [1.165, 1.54) is 5.56 Å². The van der Waals surface area contributed by atoms with E-state index < -0.39 is 0 Å². The van der Waals surface area contributed by atoms with Gasteiger partial charge in [-0.25, -0.2) is 0 Å². The van der Waals surface area contributed by atoms with Crippen LogP contribution in [0.15, 0.2) is 30.3 Å². The highest BCUT2D eigenvalue weighted by Gasteiger charge is 2.03. The summed E-state index contributed by atoms with van der Waals surface area (Å²) >= 11 is 0. The van der Waals surface area contributed by atoms with Gasteiger partial charge < -0.3 is 10.5 Å². The van der Waals surface area contributed by atoms with Crippen LogP contribution in [0.1, 0.15) is 30.3 Å². The van der Waals surface area contributed by atoms with Crippen LogP contribution in [0.2, 0.25) is 0 Å². The van der Waals surface area contributed by atoms with Gasteiger partial charge in [0.2, 0.25) is 0 Å². The van der Waals surface area contributed by atoms with Crippen molar-refractivity contribution < 1.29 is 4.74 Å². The monoisotopic (exact) mass is 273 g/mol. The van der Waals surface area contributed by atoms with Crippen LogP contribution in [0.5, 0.6) is 5.75 Å². The Morgan fingerprint density at radius 3 is 2.55 bits per heavy atom. The van der Waals surface area contributed by atoms with Gasteiger partial charge in [-0.2, -0.15) is 5.10 Å². The molecule has 2 aromatic rings. The third-order valence-electron chi connectivity index (χ3n) is 3.30. The molecule has 0 aliphatic heterocycles. The minimum atomic E-state index is 0.249. The van der Waals surface area contributed by atoms with E-state index in [0.29, 0.717) is 6.61 Å². The van der Waals surface area contributed by atoms with Crippen molar-refractivity contribution in [3.8, 4) is 5.75 Å². The van der Waals surface area contributed by atoms with Crippen molar-refractivity contribution in [3.63, 3.8) is 0 Å². The molecule has 1 aromatic heterocycles. The lowest BCUT2D eigenvalue weighted by molar-refractivity contribution is 0.295. The van der Waals surface area contributed by atoms with E-state index in [-0.39, 0.29) is 6.04 Å². The van der Waals surface area contributed by atoms with Crippen molar-refractivity contribution in [3.05, 3.63) is 47.3 Å². The van der Waals surface area contributed by atoms with E-state index >= 15 is 0 Å². The van der Waals surface area contributed by atoms with Gasteiger partial charge >= 0.3 is 0 Å². The van der Waals surface area contributed by atoms with E-state index in [2.05, 4.69) is 17.2 Å². The Hall–Kier alpha value is -1.81. The Labute approximate surface area is 120 Å². The van der Waals surface area contributed by atoms with Crippen molar-refractivity contribution in [1.82, 2.24) is 9.78 Å². The second-order valence-electron chi connectivity index (χ2n) is 5.35. The van der Waals surface area contributed by atoms with Gasteiger partial charge in [0.1, 0.15) is 12.4 Å². The molecule has 0 amide bonds. The lowest BCUT2D eigenvalue weighted by Crippen LogP contribution is -2.15. The maximum Gasteiger partial charge on any atom is 0.130 e. The van der Waals surface area contributed by atoms with Crippen LogP contribution in [0, 0.1) is 6.92 Å². The normalized spacial score (nSPS) is 12.4. The fourth-order valence-corrected chi connectivity index (χ4v) is 2.10. The minimum absolute atomic E-state index is 0.249. The Morgan fingerprint density at radius 2 is 2.00 bits per heavy atom. The number of nitrogens with zero attached hydrogens (tertiary/aromatic N) is 2. The van der Waals surface area contributed by atoms with Gasteiger partial charge in [0.05, 0.1) is 11.4 Å². The van der Waals surface area contributed by atoms with E-state index in [0.717, 1.165) is 30.0 Å². The van der Waals surface area contributed by atoms with E-state index in [1.807, 2.05) is 43.8 Å². The maximum absolute atomic E-state index is 5.78. The van der Waals surface area contributed by atoms with Crippen molar-refractivity contribution in [2.24, 2.45) is 12.8 Å². The zero-order chi connectivity index (χ0) is 14.5. The Morgan fingerprint density at radius 1 is 1.30 bits per heavy atom. The highest BCUT2D eigenvalue weighted by Crippen LogP contribution is 2.15. The molecule has 2 rings (SSSR count). The molecule has 4 nitrogen and oxygen atoms in total. The van der Waals surface area contributed by atoms with Gasteiger partial charge in [-0.3, -0.25) is 4.68 Å². The van der Waals surface area contributed by atoms with Crippen LogP contribution in [0.25, 0.3) is 0 Å². The standard InChI is InChI=1S/C16H23N3O/c1-12(17)4-5-14-6-8-16(9-7-14)20-11-15-10-13(2)18-19(15)3/h6-10,12H,4-5,11,17H2,1-3H3. The molecule has 0 spiro atoms. The van der Waals surface area contributed by atoms with Crippen molar-refractivity contribution >= 4 is 0 Å². The van der Waals surface area contributed by atoms with E-state index in [4.69, 9.17) is 10.5 Å². The average molecular weight is 273 g/mol. The summed E-state index contributed by atoms with van der Waals surface area (Å²) in [6.07, 6.45) is 2.02. The molecule has 1 aromatic carbocycles. The average Bonchev–Trinajstić information content (AvgIpc) is 2.73. The summed E-state index contributed by atoms with van der Waals surface area (Å²) in [6.45, 7) is 4.56. The number of nitrogens with two attached hydrogens (primary N) is 1. The zero-order valence-corrected chi connectivity index (χ0v) is 12.5. The highest BCUT2D eigenvalue weighted by atomic mass is 16.5. The highest BCUT2D eigenvalue weighted by molar-refractivity contribution is 5.27. The first kappa shape index (κ1) is 14.6. The summed E-state index contributed by atoms with van der Waals surface area (Å²) in [6, 6.07) is 10.5. The second-order valence-corrected chi connectivity index (χ2v) is 5.35. The summed E-state index contributed by atoms with van der Waals surface area (Å²) in [5, 5.41) is 4.30. The van der Waals surface area contributed by atoms with Gasteiger partial charge in [0.15, 0.2) is 0 Å². The zero-order valence-electron chi connectivity index (χ0n) is 12.5. The Kier molecular flexibility index (Phi) is 4.79. The molecule has 0 radical (unpaired) electrons. The molecular weight excluding hydrogens is 250 g/mol. The fourth-order valence-electron chi connectivity index (χ4n) is 2.10. The molecule has 0 bridgehead atoms. The smallest absolute Gasteiger partial charge is 0.130 e. The first-order valence-electron chi connectivity index (χ1n) is 7.01. The SMILES string of the molecule is Cc1cc(COc2ccc(CCC(C)N)cc2)n(C)n1. The molecule has 1 atom stereocenters. The number of hydrogen-bond donors (Lipinski definition) is 1. The number of rotatable bonds is 6. The second kappa shape index (κ2) is 6.57. The van der Waals surface area contributed by atoms with Crippen molar-refractivity contribution in [1.29, 1.82) is 0 Å². The molecule has 0 saturated carbocycles. The third-order valence-corrected chi connectivity index (χ3v) is 3.30. The number of benzene rings is 1. The van der Waals surface area contributed by atoms with Gasteiger partial charge in [0, 0.05) is 13.1 Å². The quantitative estimate of drug-likeness (QED) is 0.880. The van der Waals surface area contributed by atoms with E-state index in [9.17, 15) is 0 Å². The summed E-state index contributed by atoms with van der Waals surface area (Å²) in [4.78, 5) is 0. The van der Waals surface area contributed by atoms with Crippen molar-refractivity contribution in [2.75, 3.05) is 0 Å². The fraction of sp³-hybridized carbons (Fsp3) is 0.438. The lowest BCUT2D eigenvalue weighted by Gasteiger charge is -2.08. The lowest BCUT2D eigenvalue weighted by atomic mass is 10.1. The van der Waals surface area contributed by atoms with Crippen LogP contribution in [0.3, 0.4) is 0 Å². The third kappa shape index (κ3) is 4.10. The number of hydrogen-bond acceptors (Lipinski definition) is 3. The molecular formula is C16H23N3O. The molecule has 0 aliphatic rings. The summed E-state index contributed by atoms with van der Waals surface area (Å²) in [7, 11) is 1.93. The summed E-state index contributed by atoms with van der Waals surface area (Å²) in [5.41, 5.74) is 9.15. The number of aromatic nitrogens is 2. The molecule has 20 heavy (non-hydrogen) atoms. The summed E-state index contributed by atoms with van der Waals surface area (Å²) in [5.74, 6) is 0.883. The molecule has 1 unspecified atom stereocenters. The first-order valence-corrected chi connectivity index (χ1v) is 7.01. The molecule has 0 fully saturated rings. The predicted molar refractivity (Wildman–Crippen MR) is 80.7 cm³/mol. The Bertz CT molecular complexity index is 543. The van der Waals surface area contributed by atoms with Crippen LogP contribution < -0.4 is 10.5 Å². The predicted octanol–water partition coefficient (Wildman–Crippen LogP) is 2.59. The van der Waals surface area contributed by atoms with Crippen LogP contribution in [0.4, 0.5) is 0 Å². The summed E-state index contributed by atoms with van der Waals surface area (Å²) < 4.78 is 7.63. The van der Waals surface area contributed by atoms with Gasteiger partial charge in [-0.15, -0.1) is 0 Å². The van der Waals surface area contributed by atoms with Crippen LogP contribution >= 0.6 is 0 Å². The Balaban J connectivity index is 1.89. The van der Waals surface area contributed by atoms with Gasteiger partial charge in [0.25, 0.3) is 0 Å². The number of ether oxygens (including phenoxy) is 1. The van der Waals surface area contributed by atoms with E-state index in [1.54, 1.807) is 0 Å². The minimum Gasteiger partial charge on any atom is -0.487 e. The molecule has 2 N–H and O–H groups in total. The molecule has 4 heteroatoms. The van der Waals surface area contributed by atoms with Crippen molar-refractivity contribution in [2.45, 2.75) is 39.3 Å². The molecule has 0 saturated heterocycles. The van der Waals surface area contributed by atoms with Crippen LogP contribution in [-0.2, 0) is 20.1 Å². The van der Waals surface area contributed by atoms with Gasteiger partial charge in [-0.1, -0.05) is 12.1 Å². The largest absolute Gasteiger partial charge is 0.487 e. The number of aryl methyl sites for hydroxylation is 3. The first-order chi connectivity index (χ1) is 9.54.